The standard InChI is InChI=1S/C46H24N6OS.Pt/c1-50-27-51-39-24-31(53-30-18-20-33-32-11-2-3-13-36(32)52(38(33)23-30)42-17-4-5-22-49-42)19-21-34(39)46(35-12-8-14-37(50)45(35)51)43-28(25-47)9-6-15-40(43)54-41-16-7-10-29(26-48)44(41)46;/h2-22H,1H3;/q-2;. The van der Waals surface area contributed by atoms with E-state index in [1.54, 1.807) is 18.0 Å². The van der Waals surface area contributed by atoms with E-state index in [-0.39, 0.29) is 21.1 Å². The predicted octanol–water partition coefficient (Wildman–Crippen LogP) is 9.04. The molecule has 55 heavy (non-hydrogen) atoms. The Bertz CT molecular complexity index is 3110. The first-order valence-corrected chi connectivity index (χ1v) is 18.2. The average molecular weight is 904 g/mol. The van der Waals surface area contributed by atoms with Crippen molar-refractivity contribution < 1.29 is 30.4 Å². The summed E-state index contributed by atoms with van der Waals surface area (Å²) in [6, 6.07) is 52.3. The molecule has 5 heterocycles. The Hall–Kier alpha value is -6.44. The number of benzene rings is 6. The van der Waals surface area contributed by atoms with Gasteiger partial charge in [-0.1, -0.05) is 77.6 Å². The molecular formula is C46H24N6OPtS-2. The Labute approximate surface area is 334 Å². The first-order chi connectivity index (χ1) is 26.6. The molecule has 7 nitrogen and oxygen atoms in total. The molecule has 0 bridgehead atoms. The van der Waals surface area contributed by atoms with E-state index < -0.39 is 5.41 Å². The van der Waals surface area contributed by atoms with E-state index in [1.807, 2.05) is 89.0 Å². The van der Waals surface area contributed by atoms with Crippen LogP contribution in [0.15, 0.2) is 137 Å². The van der Waals surface area contributed by atoms with Gasteiger partial charge in [-0.05, 0) is 64.5 Å². The summed E-state index contributed by atoms with van der Waals surface area (Å²) in [7, 11) is 1.98. The van der Waals surface area contributed by atoms with Crippen LogP contribution in [-0.2, 0) is 33.5 Å². The molecule has 1 spiro atoms. The number of ether oxygens (including phenoxy) is 1. The van der Waals surface area contributed by atoms with Gasteiger partial charge in [0, 0.05) is 59.5 Å². The minimum absolute atomic E-state index is 0. The third kappa shape index (κ3) is 4.47. The summed E-state index contributed by atoms with van der Waals surface area (Å²) in [5, 5.41) is 23.5. The van der Waals surface area contributed by atoms with Crippen molar-refractivity contribution in [1.82, 2.24) is 14.1 Å². The molecule has 0 N–H and O–H groups in total. The van der Waals surface area contributed by atoms with Crippen LogP contribution in [0.1, 0.15) is 33.4 Å². The van der Waals surface area contributed by atoms with E-state index in [4.69, 9.17) is 4.74 Å². The number of aromatic nitrogens is 4. The fourth-order valence-corrected chi connectivity index (χ4v) is 9.91. The second-order valence-corrected chi connectivity index (χ2v) is 14.5. The number of para-hydroxylation sites is 2. The zero-order chi connectivity index (χ0) is 36.1. The quantitative estimate of drug-likeness (QED) is 0.131. The van der Waals surface area contributed by atoms with E-state index in [0.29, 0.717) is 22.6 Å². The first kappa shape index (κ1) is 33.2. The number of nitriles is 2. The second kappa shape index (κ2) is 12.3. The Morgan fingerprint density at radius 1 is 0.727 bits per heavy atom. The van der Waals surface area contributed by atoms with Gasteiger partial charge in [0.1, 0.15) is 5.82 Å². The van der Waals surface area contributed by atoms with Gasteiger partial charge >= 0.3 is 0 Å². The van der Waals surface area contributed by atoms with Gasteiger partial charge in [-0.3, -0.25) is 0 Å². The Balaban J connectivity index is 0.00000372. The predicted molar refractivity (Wildman–Crippen MR) is 205 cm³/mol. The Morgan fingerprint density at radius 2 is 1.44 bits per heavy atom. The Kier molecular flexibility index (Phi) is 7.41. The smallest absolute Gasteiger partial charge is 0.242 e. The van der Waals surface area contributed by atoms with Crippen molar-refractivity contribution in [3.05, 3.63) is 179 Å². The van der Waals surface area contributed by atoms with Crippen LogP contribution in [0.25, 0.3) is 44.3 Å². The van der Waals surface area contributed by atoms with Crippen molar-refractivity contribution in [2.45, 2.75) is 15.2 Å². The van der Waals surface area contributed by atoms with Crippen molar-refractivity contribution >= 4 is 44.6 Å². The molecule has 6 aromatic carbocycles. The van der Waals surface area contributed by atoms with Gasteiger partial charge in [0.05, 0.1) is 41.3 Å². The maximum Gasteiger partial charge on any atom is 0.242 e. The zero-order valence-corrected chi connectivity index (χ0v) is 32.0. The molecule has 0 saturated heterocycles. The minimum Gasteiger partial charge on any atom is -0.510 e. The zero-order valence-electron chi connectivity index (χ0n) is 28.9. The molecule has 0 saturated carbocycles. The van der Waals surface area contributed by atoms with Crippen molar-refractivity contribution in [1.29, 1.82) is 10.5 Å². The summed E-state index contributed by atoms with van der Waals surface area (Å²) in [5.74, 6) is 1.81. The molecule has 0 fully saturated rings. The van der Waals surface area contributed by atoms with Gasteiger partial charge < -0.3 is 18.4 Å². The summed E-state index contributed by atoms with van der Waals surface area (Å²) < 4.78 is 12.8. The molecule has 0 atom stereocenters. The summed E-state index contributed by atoms with van der Waals surface area (Å²) >= 11 is 1.60. The second-order valence-electron chi connectivity index (χ2n) is 13.4. The molecule has 9 aromatic rings. The van der Waals surface area contributed by atoms with Crippen LogP contribution < -0.4 is 9.30 Å². The Morgan fingerprint density at radius 3 is 2.18 bits per heavy atom. The molecule has 11 rings (SSSR count). The fourth-order valence-electron chi connectivity index (χ4n) is 8.65. The molecule has 0 radical (unpaired) electrons. The van der Waals surface area contributed by atoms with E-state index in [2.05, 4.69) is 88.7 Å². The van der Waals surface area contributed by atoms with Crippen LogP contribution in [0.4, 0.5) is 0 Å². The van der Waals surface area contributed by atoms with Crippen LogP contribution in [0.3, 0.4) is 0 Å². The maximum absolute atomic E-state index is 10.7. The number of fused-ring (bicyclic) bond motifs is 11. The number of imidazole rings is 1. The van der Waals surface area contributed by atoms with Crippen molar-refractivity contribution in [3.63, 3.8) is 0 Å². The minimum atomic E-state index is -1.01. The van der Waals surface area contributed by atoms with Gasteiger partial charge in [0.25, 0.3) is 0 Å². The molecule has 0 aliphatic carbocycles. The summed E-state index contributed by atoms with van der Waals surface area (Å²) in [5.41, 5.74) is 8.18. The van der Waals surface area contributed by atoms with Crippen molar-refractivity contribution in [3.8, 4) is 35.1 Å². The summed E-state index contributed by atoms with van der Waals surface area (Å²) in [6.07, 6.45) is 5.32. The number of hydrogen-bond acceptors (Lipinski definition) is 5. The number of nitrogens with zero attached hydrogens (tertiary/aromatic N) is 6. The van der Waals surface area contributed by atoms with Crippen LogP contribution in [-0.4, -0.2) is 14.1 Å². The number of pyridine rings is 1. The maximum atomic E-state index is 10.7. The number of rotatable bonds is 3. The van der Waals surface area contributed by atoms with Gasteiger partial charge in [-0.25, -0.2) is 4.98 Å². The van der Waals surface area contributed by atoms with Gasteiger partial charge in [-0.15, -0.1) is 35.2 Å². The van der Waals surface area contributed by atoms with Crippen LogP contribution >= 0.6 is 11.8 Å². The first-order valence-electron chi connectivity index (χ1n) is 17.4. The van der Waals surface area contributed by atoms with Gasteiger partial charge in [0.15, 0.2) is 0 Å². The van der Waals surface area contributed by atoms with Gasteiger partial charge in [-0.2, -0.15) is 22.7 Å². The van der Waals surface area contributed by atoms with Crippen LogP contribution in [0, 0.1) is 41.1 Å². The van der Waals surface area contributed by atoms with Gasteiger partial charge in [0.2, 0.25) is 6.33 Å². The molecular weight excluding hydrogens is 880 g/mol. The van der Waals surface area contributed by atoms with Crippen LogP contribution in [0.2, 0.25) is 0 Å². The summed E-state index contributed by atoms with van der Waals surface area (Å²) in [6.45, 7) is 0. The molecule has 0 amide bonds. The molecule has 3 aromatic heterocycles. The average Bonchev–Trinajstić information content (AvgIpc) is 3.74. The van der Waals surface area contributed by atoms with E-state index in [0.717, 1.165) is 76.4 Å². The molecule has 9 heteroatoms. The summed E-state index contributed by atoms with van der Waals surface area (Å²) in [4.78, 5) is 6.61. The number of aryl methyl sites for hydroxylation is 1. The molecule has 262 valence electrons. The van der Waals surface area contributed by atoms with E-state index in [9.17, 15) is 10.5 Å². The topological polar surface area (TPSA) is 83.4 Å². The third-order valence-electron chi connectivity index (χ3n) is 10.7. The molecule has 0 unspecified atom stereocenters. The third-order valence-corrected chi connectivity index (χ3v) is 11.8. The van der Waals surface area contributed by atoms with Crippen LogP contribution in [0.5, 0.6) is 11.5 Å². The largest absolute Gasteiger partial charge is 0.510 e. The van der Waals surface area contributed by atoms with E-state index >= 15 is 0 Å². The fraction of sp³-hybridized carbons (Fsp3) is 0.0435. The SMILES string of the molecule is C[n+]1[c-]n2c3c(cccc31)C1(c3ccc(Oc4[c-]c5c(cc4)c4ccccc4n5-c4ccccn4)[c-]c3-2)c2c(C#N)cccc2Sc2cccc(C#N)c21.[Pt]. The van der Waals surface area contributed by atoms with E-state index in [1.165, 1.54) is 0 Å². The van der Waals surface area contributed by atoms with Crippen molar-refractivity contribution in [2.24, 2.45) is 7.05 Å². The molecule has 2 aliphatic heterocycles. The monoisotopic (exact) mass is 903 g/mol. The number of hydrogen-bond donors (Lipinski definition) is 0. The molecule has 2 aliphatic rings. The normalized spacial score (nSPS) is 13.1. The van der Waals surface area contributed by atoms with Crippen molar-refractivity contribution in [2.75, 3.05) is 0 Å².